The average molecular weight is 284 g/mol. The highest BCUT2D eigenvalue weighted by molar-refractivity contribution is 5.94. The minimum atomic E-state index is -1.02. The van der Waals surface area contributed by atoms with Crippen molar-refractivity contribution >= 4 is 23.2 Å². The molecule has 2 aromatic rings. The van der Waals surface area contributed by atoms with Crippen molar-refractivity contribution in [3.05, 3.63) is 54.5 Å². The van der Waals surface area contributed by atoms with Gasteiger partial charge in [0.2, 0.25) is 0 Å². The number of aromatic nitrogens is 3. The van der Waals surface area contributed by atoms with Crippen LogP contribution in [-0.4, -0.2) is 25.8 Å². The van der Waals surface area contributed by atoms with Crippen LogP contribution in [0.2, 0.25) is 0 Å². The van der Waals surface area contributed by atoms with Crippen molar-refractivity contribution in [1.82, 2.24) is 14.8 Å². The first-order valence-corrected chi connectivity index (χ1v) is 6.36. The van der Waals surface area contributed by atoms with E-state index in [-0.39, 0.29) is 5.56 Å². The number of rotatable bonds is 5. The van der Waals surface area contributed by atoms with Crippen LogP contribution in [0.25, 0.3) is 5.70 Å². The molecule has 2 aromatic heterocycles. The standard InChI is InChI=1S/C15H16N4O2/c1-4-11(5-2)19-9-10(3)14(18-19)17-13-8-16-7-6-12(13)15(20)21/h4-9H,1H2,2-3H3,(H,17,18)(H,20,21)/b11-5-. The number of hydrogen-bond acceptors (Lipinski definition) is 4. The van der Waals surface area contributed by atoms with Crippen LogP contribution in [0.15, 0.2) is 43.4 Å². The third kappa shape index (κ3) is 3.00. The van der Waals surface area contributed by atoms with Gasteiger partial charge in [0.15, 0.2) is 5.82 Å². The van der Waals surface area contributed by atoms with E-state index in [4.69, 9.17) is 5.11 Å². The van der Waals surface area contributed by atoms with Gasteiger partial charge in [-0.15, -0.1) is 5.10 Å². The van der Waals surface area contributed by atoms with Gasteiger partial charge in [-0.25, -0.2) is 9.48 Å². The Labute approximate surface area is 122 Å². The molecule has 2 heterocycles. The summed E-state index contributed by atoms with van der Waals surface area (Å²) in [5.74, 6) is -0.441. The van der Waals surface area contributed by atoms with Crippen LogP contribution in [0.3, 0.4) is 0 Å². The van der Waals surface area contributed by atoms with Crippen LogP contribution in [-0.2, 0) is 0 Å². The predicted molar refractivity (Wildman–Crippen MR) is 81.6 cm³/mol. The van der Waals surface area contributed by atoms with E-state index in [1.165, 1.54) is 18.5 Å². The number of nitrogens with one attached hydrogen (secondary N) is 1. The zero-order chi connectivity index (χ0) is 15.4. The molecule has 0 aliphatic rings. The topological polar surface area (TPSA) is 80.0 Å². The third-order valence-electron chi connectivity index (χ3n) is 2.97. The second kappa shape index (κ2) is 6.04. The maximum Gasteiger partial charge on any atom is 0.337 e. The normalized spacial score (nSPS) is 11.2. The summed E-state index contributed by atoms with van der Waals surface area (Å²) in [5.41, 5.74) is 2.28. The van der Waals surface area contributed by atoms with Crippen LogP contribution < -0.4 is 5.32 Å². The van der Waals surface area contributed by atoms with Gasteiger partial charge in [0.25, 0.3) is 0 Å². The number of nitrogens with zero attached hydrogens (tertiary/aromatic N) is 3. The van der Waals surface area contributed by atoms with E-state index in [0.29, 0.717) is 11.5 Å². The molecule has 0 aliphatic heterocycles. The summed E-state index contributed by atoms with van der Waals surface area (Å²) in [6.07, 6.45) is 8.33. The quantitative estimate of drug-likeness (QED) is 0.825. The van der Waals surface area contributed by atoms with Crippen molar-refractivity contribution < 1.29 is 9.90 Å². The van der Waals surface area contributed by atoms with E-state index < -0.39 is 5.97 Å². The van der Waals surface area contributed by atoms with Crippen LogP contribution in [0, 0.1) is 6.92 Å². The molecule has 0 amide bonds. The fourth-order valence-electron chi connectivity index (χ4n) is 1.87. The van der Waals surface area contributed by atoms with Gasteiger partial charge in [-0.3, -0.25) is 4.98 Å². The third-order valence-corrected chi connectivity index (χ3v) is 2.97. The second-order valence-corrected chi connectivity index (χ2v) is 4.37. The molecule has 0 fully saturated rings. The summed E-state index contributed by atoms with van der Waals surface area (Å²) in [5, 5.41) is 16.6. The molecule has 21 heavy (non-hydrogen) atoms. The molecule has 6 heteroatoms. The van der Waals surface area contributed by atoms with Crippen LogP contribution in [0.1, 0.15) is 22.8 Å². The van der Waals surface area contributed by atoms with Crippen LogP contribution >= 0.6 is 0 Å². The summed E-state index contributed by atoms with van der Waals surface area (Å²) < 4.78 is 1.68. The minimum absolute atomic E-state index is 0.147. The Morgan fingerprint density at radius 3 is 2.90 bits per heavy atom. The van der Waals surface area contributed by atoms with E-state index in [1.54, 1.807) is 10.8 Å². The Kier molecular flexibility index (Phi) is 4.18. The van der Waals surface area contributed by atoms with E-state index >= 15 is 0 Å². The van der Waals surface area contributed by atoms with Gasteiger partial charge in [0, 0.05) is 18.0 Å². The molecule has 0 bridgehead atoms. The fourth-order valence-corrected chi connectivity index (χ4v) is 1.87. The first-order chi connectivity index (χ1) is 10.1. The minimum Gasteiger partial charge on any atom is -0.478 e. The highest BCUT2D eigenvalue weighted by Crippen LogP contribution is 2.22. The first-order valence-electron chi connectivity index (χ1n) is 6.36. The lowest BCUT2D eigenvalue weighted by molar-refractivity contribution is 0.0698. The lowest BCUT2D eigenvalue weighted by Crippen LogP contribution is -2.04. The molecule has 2 N–H and O–H groups in total. The lowest BCUT2D eigenvalue weighted by Gasteiger charge is -2.07. The molecule has 108 valence electrons. The Hall–Kier alpha value is -2.89. The van der Waals surface area contributed by atoms with Gasteiger partial charge in [0.05, 0.1) is 23.1 Å². The molecule has 2 rings (SSSR count). The average Bonchev–Trinajstić information content (AvgIpc) is 2.82. The molecular weight excluding hydrogens is 268 g/mol. The lowest BCUT2D eigenvalue weighted by atomic mass is 10.2. The Bertz CT molecular complexity index is 716. The number of carboxylic acid groups (broad SMARTS) is 1. The predicted octanol–water partition coefficient (Wildman–Crippen LogP) is 3.08. The number of aromatic carboxylic acids is 1. The molecule has 0 saturated heterocycles. The monoisotopic (exact) mass is 284 g/mol. The molecule has 0 unspecified atom stereocenters. The molecular formula is C15H16N4O2. The van der Waals surface area contributed by atoms with E-state index in [0.717, 1.165) is 11.3 Å². The second-order valence-electron chi connectivity index (χ2n) is 4.37. The highest BCUT2D eigenvalue weighted by atomic mass is 16.4. The Morgan fingerprint density at radius 1 is 1.52 bits per heavy atom. The van der Waals surface area contributed by atoms with Gasteiger partial charge >= 0.3 is 5.97 Å². The Morgan fingerprint density at radius 2 is 2.29 bits per heavy atom. The van der Waals surface area contributed by atoms with Gasteiger partial charge in [0.1, 0.15) is 0 Å². The largest absolute Gasteiger partial charge is 0.478 e. The number of aryl methyl sites for hydroxylation is 1. The van der Waals surface area contributed by atoms with Crippen molar-refractivity contribution in [2.75, 3.05) is 5.32 Å². The Balaban J connectivity index is 2.37. The van der Waals surface area contributed by atoms with E-state index in [1.807, 2.05) is 26.1 Å². The van der Waals surface area contributed by atoms with Gasteiger partial charge in [-0.05, 0) is 26.0 Å². The summed E-state index contributed by atoms with van der Waals surface area (Å²) in [6, 6.07) is 1.44. The van der Waals surface area contributed by atoms with Crippen molar-refractivity contribution in [3.63, 3.8) is 0 Å². The summed E-state index contributed by atoms with van der Waals surface area (Å²) in [6.45, 7) is 7.51. The maximum absolute atomic E-state index is 11.2. The first kappa shape index (κ1) is 14.5. The molecule has 0 saturated carbocycles. The van der Waals surface area contributed by atoms with Crippen LogP contribution in [0.5, 0.6) is 0 Å². The van der Waals surface area contributed by atoms with Crippen LogP contribution in [0.4, 0.5) is 11.5 Å². The molecule has 0 atom stereocenters. The number of carboxylic acids is 1. The molecule has 0 aliphatic carbocycles. The van der Waals surface area contributed by atoms with Crippen molar-refractivity contribution in [1.29, 1.82) is 0 Å². The smallest absolute Gasteiger partial charge is 0.337 e. The van der Waals surface area contributed by atoms with Crippen molar-refractivity contribution in [2.45, 2.75) is 13.8 Å². The molecule has 0 radical (unpaired) electrons. The molecule has 0 spiro atoms. The van der Waals surface area contributed by atoms with Gasteiger partial charge in [-0.1, -0.05) is 12.7 Å². The SMILES string of the molecule is C=C/C(=C/C)n1cc(C)c(Nc2cnccc2C(=O)O)n1. The van der Waals surface area contributed by atoms with Crippen molar-refractivity contribution in [2.24, 2.45) is 0 Å². The van der Waals surface area contributed by atoms with E-state index in [9.17, 15) is 4.79 Å². The molecule has 6 nitrogen and oxygen atoms in total. The van der Waals surface area contributed by atoms with Gasteiger partial charge in [-0.2, -0.15) is 0 Å². The number of hydrogen-bond donors (Lipinski definition) is 2. The highest BCUT2D eigenvalue weighted by Gasteiger charge is 2.13. The summed E-state index contributed by atoms with van der Waals surface area (Å²) >= 11 is 0. The van der Waals surface area contributed by atoms with E-state index in [2.05, 4.69) is 22.0 Å². The number of pyridine rings is 1. The van der Waals surface area contributed by atoms with Crippen molar-refractivity contribution in [3.8, 4) is 0 Å². The zero-order valence-electron chi connectivity index (χ0n) is 11.9. The fraction of sp³-hybridized carbons (Fsp3) is 0.133. The summed E-state index contributed by atoms with van der Waals surface area (Å²) in [7, 11) is 0. The van der Waals surface area contributed by atoms with Gasteiger partial charge < -0.3 is 10.4 Å². The maximum atomic E-state index is 11.2. The number of anilines is 2. The zero-order valence-corrected chi connectivity index (χ0v) is 11.9. The summed E-state index contributed by atoms with van der Waals surface area (Å²) in [4.78, 5) is 15.1. The number of carbonyl (C=O) groups is 1. The number of allylic oxidation sites excluding steroid dienone is 3. The molecule has 0 aromatic carbocycles.